The van der Waals surface area contributed by atoms with Crippen LogP contribution in [-0.4, -0.2) is 9.55 Å². The van der Waals surface area contributed by atoms with Crippen molar-refractivity contribution < 1.29 is 0 Å². The van der Waals surface area contributed by atoms with E-state index in [0.717, 1.165) is 24.3 Å². The van der Waals surface area contributed by atoms with Gasteiger partial charge < -0.3 is 4.57 Å². The number of para-hydroxylation sites is 2. The molecule has 0 amide bonds. The Balaban J connectivity index is 1.84. The molecule has 0 fully saturated rings. The molecule has 120 valence electrons. The van der Waals surface area contributed by atoms with Gasteiger partial charge in [0.05, 0.1) is 11.0 Å². The van der Waals surface area contributed by atoms with Gasteiger partial charge >= 0.3 is 0 Å². The van der Waals surface area contributed by atoms with Crippen LogP contribution in [0.15, 0.2) is 66.7 Å². The summed E-state index contributed by atoms with van der Waals surface area (Å²) in [6.07, 6.45) is 0.864. The third kappa shape index (κ3) is 2.69. The van der Waals surface area contributed by atoms with Crippen LogP contribution in [0.3, 0.4) is 0 Å². The molecule has 0 bridgehead atoms. The molecule has 0 spiro atoms. The monoisotopic (exact) mass is 314 g/mol. The number of hydrogen-bond donors (Lipinski definition) is 0. The summed E-state index contributed by atoms with van der Waals surface area (Å²) < 4.78 is 2.39. The maximum Gasteiger partial charge on any atom is 0.114 e. The normalized spacial score (nSPS) is 11.6. The quantitative estimate of drug-likeness (QED) is 0.490. The van der Waals surface area contributed by atoms with Crippen LogP contribution < -0.4 is 0 Å². The Morgan fingerprint density at radius 2 is 1.62 bits per heavy atom. The zero-order valence-corrected chi connectivity index (χ0v) is 14.2. The molecule has 3 aromatic carbocycles. The highest BCUT2D eigenvalue weighted by molar-refractivity contribution is 5.86. The number of aromatic nitrogens is 2. The Morgan fingerprint density at radius 3 is 2.50 bits per heavy atom. The van der Waals surface area contributed by atoms with Crippen molar-refractivity contribution in [3.8, 4) is 0 Å². The number of hydrogen-bond acceptors (Lipinski definition) is 1. The van der Waals surface area contributed by atoms with Crippen molar-refractivity contribution in [2.24, 2.45) is 5.92 Å². The second-order valence-electron chi connectivity index (χ2n) is 6.84. The highest BCUT2D eigenvalue weighted by Gasteiger charge is 2.13. The van der Waals surface area contributed by atoms with Crippen molar-refractivity contribution in [3.63, 3.8) is 0 Å². The average Bonchev–Trinajstić information content (AvgIpc) is 2.92. The molecule has 2 heteroatoms. The topological polar surface area (TPSA) is 17.8 Å². The molecule has 0 aliphatic heterocycles. The first-order chi connectivity index (χ1) is 11.7. The molecule has 1 heterocycles. The van der Waals surface area contributed by atoms with E-state index in [2.05, 4.69) is 85.1 Å². The molecule has 0 saturated carbocycles. The standard InChI is InChI=1S/C22H22N2/c1-16(2)15-24-21-13-6-5-12-20(21)23-22(24)14-18-10-7-9-17-8-3-4-11-19(17)18/h3-13,16H,14-15H2,1-2H3. The summed E-state index contributed by atoms with van der Waals surface area (Å²) in [6.45, 7) is 5.52. The molecule has 0 saturated heterocycles. The van der Waals surface area contributed by atoms with E-state index in [0.29, 0.717) is 5.92 Å². The lowest BCUT2D eigenvalue weighted by Gasteiger charge is -2.13. The highest BCUT2D eigenvalue weighted by Crippen LogP contribution is 2.24. The molecule has 0 N–H and O–H groups in total. The van der Waals surface area contributed by atoms with Gasteiger partial charge in [0.1, 0.15) is 5.82 Å². The van der Waals surface area contributed by atoms with E-state index < -0.39 is 0 Å². The van der Waals surface area contributed by atoms with E-state index in [1.807, 2.05) is 0 Å². The maximum absolute atomic E-state index is 4.93. The van der Waals surface area contributed by atoms with Crippen LogP contribution in [0.2, 0.25) is 0 Å². The van der Waals surface area contributed by atoms with Crippen molar-refractivity contribution in [2.75, 3.05) is 0 Å². The Bertz CT molecular complexity index is 990. The number of nitrogens with zero attached hydrogens (tertiary/aromatic N) is 2. The van der Waals surface area contributed by atoms with Gasteiger partial charge in [0.15, 0.2) is 0 Å². The molecule has 0 radical (unpaired) electrons. The molecular formula is C22H22N2. The SMILES string of the molecule is CC(C)Cn1c(Cc2cccc3ccccc23)nc2ccccc21. The summed E-state index contributed by atoms with van der Waals surface area (Å²) >= 11 is 0. The molecule has 4 rings (SSSR count). The van der Waals surface area contributed by atoms with Crippen molar-refractivity contribution in [1.82, 2.24) is 9.55 Å². The maximum atomic E-state index is 4.93. The highest BCUT2D eigenvalue weighted by atomic mass is 15.1. The molecule has 0 unspecified atom stereocenters. The minimum atomic E-state index is 0.592. The second-order valence-corrected chi connectivity index (χ2v) is 6.84. The minimum Gasteiger partial charge on any atom is -0.327 e. The summed E-state index contributed by atoms with van der Waals surface area (Å²) in [5.74, 6) is 1.75. The van der Waals surface area contributed by atoms with E-state index in [4.69, 9.17) is 4.98 Å². The largest absolute Gasteiger partial charge is 0.327 e. The molecular weight excluding hydrogens is 292 g/mol. The van der Waals surface area contributed by atoms with E-state index >= 15 is 0 Å². The van der Waals surface area contributed by atoms with Gasteiger partial charge in [-0.15, -0.1) is 0 Å². The number of benzene rings is 3. The van der Waals surface area contributed by atoms with Gasteiger partial charge in [0.25, 0.3) is 0 Å². The third-order valence-corrected chi connectivity index (χ3v) is 4.51. The van der Waals surface area contributed by atoms with Gasteiger partial charge in [-0.1, -0.05) is 68.4 Å². The average molecular weight is 314 g/mol. The van der Waals surface area contributed by atoms with Crippen LogP contribution >= 0.6 is 0 Å². The lowest BCUT2D eigenvalue weighted by atomic mass is 10.0. The third-order valence-electron chi connectivity index (χ3n) is 4.51. The van der Waals surface area contributed by atoms with Crippen LogP contribution in [0.5, 0.6) is 0 Å². The van der Waals surface area contributed by atoms with Crippen molar-refractivity contribution in [1.29, 1.82) is 0 Å². The van der Waals surface area contributed by atoms with Crippen LogP contribution in [0.4, 0.5) is 0 Å². The molecule has 0 atom stereocenters. The van der Waals surface area contributed by atoms with E-state index in [1.54, 1.807) is 0 Å². The first-order valence-corrected chi connectivity index (χ1v) is 8.63. The number of fused-ring (bicyclic) bond motifs is 2. The zero-order chi connectivity index (χ0) is 16.5. The van der Waals surface area contributed by atoms with E-state index in [-0.39, 0.29) is 0 Å². The Labute approximate surface area is 142 Å². The zero-order valence-electron chi connectivity index (χ0n) is 14.2. The first kappa shape index (κ1) is 14.9. The predicted octanol–water partition coefficient (Wildman–Crippen LogP) is 5.44. The van der Waals surface area contributed by atoms with Gasteiger partial charge in [-0.25, -0.2) is 4.98 Å². The Kier molecular flexibility index (Phi) is 3.81. The summed E-state index contributed by atoms with van der Waals surface area (Å²) in [4.78, 5) is 4.93. The van der Waals surface area contributed by atoms with Gasteiger partial charge in [0, 0.05) is 13.0 Å². The van der Waals surface area contributed by atoms with Crippen LogP contribution in [-0.2, 0) is 13.0 Å². The molecule has 24 heavy (non-hydrogen) atoms. The summed E-state index contributed by atoms with van der Waals surface area (Å²) in [5.41, 5.74) is 3.67. The van der Waals surface area contributed by atoms with Gasteiger partial charge in [-0.05, 0) is 34.4 Å². The number of rotatable bonds is 4. The molecule has 0 aliphatic rings. The minimum absolute atomic E-state index is 0.592. The first-order valence-electron chi connectivity index (χ1n) is 8.63. The van der Waals surface area contributed by atoms with Crippen molar-refractivity contribution >= 4 is 21.8 Å². The number of imidazole rings is 1. The molecule has 0 aliphatic carbocycles. The van der Waals surface area contributed by atoms with Crippen molar-refractivity contribution in [2.45, 2.75) is 26.8 Å². The van der Waals surface area contributed by atoms with Crippen LogP contribution in [0.25, 0.3) is 21.8 Å². The molecule has 2 nitrogen and oxygen atoms in total. The fraction of sp³-hybridized carbons (Fsp3) is 0.227. The van der Waals surface area contributed by atoms with Crippen LogP contribution in [0, 0.1) is 5.92 Å². The van der Waals surface area contributed by atoms with E-state index in [1.165, 1.54) is 21.9 Å². The van der Waals surface area contributed by atoms with Crippen molar-refractivity contribution in [3.05, 3.63) is 78.1 Å². The Morgan fingerprint density at radius 1 is 0.875 bits per heavy atom. The fourth-order valence-corrected chi connectivity index (χ4v) is 3.45. The van der Waals surface area contributed by atoms with Gasteiger partial charge in [-0.3, -0.25) is 0 Å². The molecule has 4 aromatic rings. The van der Waals surface area contributed by atoms with Gasteiger partial charge in [-0.2, -0.15) is 0 Å². The van der Waals surface area contributed by atoms with Crippen LogP contribution in [0.1, 0.15) is 25.2 Å². The smallest absolute Gasteiger partial charge is 0.114 e. The lowest BCUT2D eigenvalue weighted by molar-refractivity contribution is 0.520. The van der Waals surface area contributed by atoms with E-state index in [9.17, 15) is 0 Å². The fourth-order valence-electron chi connectivity index (χ4n) is 3.45. The second kappa shape index (κ2) is 6.12. The summed E-state index contributed by atoms with van der Waals surface area (Å²) in [6, 6.07) is 23.6. The molecule has 1 aromatic heterocycles. The summed E-state index contributed by atoms with van der Waals surface area (Å²) in [7, 11) is 0. The van der Waals surface area contributed by atoms with Gasteiger partial charge in [0.2, 0.25) is 0 Å². The lowest BCUT2D eigenvalue weighted by Crippen LogP contribution is -2.09. The Hall–Kier alpha value is -2.61. The summed E-state index contributed by atoms with van der Waals surface area (Å²) in [5, 5.41) is 2.62. The predicted molar refractivity (Wildman–Crippen MR) is 101 cm³/mol.